The topological polar surface area (TPSA) is 112 Å². The van der Waals surface area contributed by atoms with Crippen LogP contribution >= 0.6 is 0 Å². The third kappa shape index (κ3) is 4.39. The lowest BCUT2D eigenvalue weighted by Crippen LogP contribution is -2.29. The summed E-state index contributed by atoms with van der Waals surface area (Å²) in [4.78, 5) is 4.62. The van der Waals surface area contributed by atoms with Gasteiger partial charge in [-0.1, -0.05) is 23.2 Å². The van der Waals surface area contributed by atoms with Gasteiger partial charge in [0, 0.05) is 26.1 Å². The number of hydrogen-bond donors (Lipinski definition) is 0. The van der Waals surface area contributed by atoms with Crippen molar-refractivity contribution >= 4 is 10.0 Å². The Bertz CT molecular complexity index is 913. The van der Waals surface area contributed by atoms with E-state index in [0.717, 1.165) is 6.61 Å². The summed E-state index contributed by atoms with van der Waals surface area (Å²) in [7, 11) is -3.65. The number of sulfonamides is 1. The third-order valence-corrected chi connectivity index (χ3v) is 7.96. The quantitative estimate of drug-likeness (QED) is 0.595. The number of hydrogen-bond acceptors (Lipinski definition) is 8. The Hall–Kier alpha value is -1.78. The molecule has 160 valence electrons. The van der Waals surface area contributed by atoms with Crippen LogP contribution in [0.5, 0.6) is 0 Å². The van der Waals surface area contributed by atoms with Crippen molar-refractivity contribution in [2.45, 2.75) is 63.2 Å². The van der Waals surface area contributed by atoms with Crippen molar-refractivity contribution < 1.29 is 22.2 Å². The summed E-state index contributed by atoms with van der Waals surface area (Å²) in [6.45, 7) is 5.34. The monoisotopic (exact) mass is 424 g/mol. The van der Waals surface area contributed by atoms with E-state index in [1.54, 1.807) is 13.8 Å². The highest BCUT2D eigenvalue weighted by atomic mass is 32.2. The van der Waals surface area contributed by atoms with E-state index in [0.29, 0.717) is 61.6 Å². The number of nitrogens with zero attached hydrogens (tertiary/aromatic N) is 4. The fourth-order valence-corrected chi connectivity index (χ4v) is 6.04. The number of rotatable bonds is 8. The molecule has 1 unspecified atom stereocenters. The number of aromatic nitrogens is 3. The minimum absolute atomic E-state index is 0.106. The third-order valence-electron chi connectivity index (χ3n) is 5.85. The van der Waals surface area contributed by atoms with Crippen LogP contribution in [0.3, 0.4) is 0 Å². The van der Waals surface area contributed by atoms with E-state index in [2.05, 4.69) is 15.3 Å². The second-order valence-electron chi connectivity index (χ2n) is 8.03. The summed E-state index contributed by atoms with van der Waals surface area (Å²) in [5, 5.41) is 7.80. The first-order valence-electron chi connectivity index (χ1n) is 10.3. The first-order chi connectivity index (χ1) is 13.9. The standard InChI is InChI=1S/C19H28N4O5S/c1-13-18(14(2)27-21-13)29(24,25)23-9-7-16(11-23)19-20-17(22-28-19)8-10-26-12-15-5-3-4-6-15/h15-16H,3-12H2,1-2H3. The normalized spacial score (nSPS) is 21.4. The molecule has 0 aromatic carbocycles. The molecule has 4 rings (SSSR count). The fourth-order valence-electron chi connectivity index (χ4n) is 4.25. The van der Waals surface area contributed by atoms with Gasteiger partial charge in [0.15, 0.2) is 11.6 Å². The predicted molar refractivity (Wildman–Crippen MR) is 103 cm³/mol. The Kier molecular flexibility index (Phi) is 6.03. The van der Waals surface area contributed by atoms with Crippen LogP contribution in [-0.2, 0) is 21.2 Å². The number of ether oxygens (including phenoxy) is 1. The van der Waals surface area contributed by atoms with E-state index < -0.39 is 10.0 Å². The van der Waals surface area contributed by atoms with Crippen LogP contribution in [0.1, 0.15) is 61.2 Å². The lowest BCUT2D eigenvalue weighted by Gasteiger charge is -2.15. The average Bonchev–Trinajstić information content (AvgIpc) is 3.46. The predicted octanol–water partition coefficient (Wildman–Crippen LogP) is 2.60. The molecule has 1 saturated carbocycles. The molecule has 2 aromatic heterocycles. The maximum absolute atomic E-state index is 12.9. The van der Waals surface area contributed by atoms with Crippen molar-refractivity contribution in [3.05, 3.63) is 23.2 Å². The van der Waals surface area contributed by atoms with Crippen molar-refractivity contribution in [1.29, 1.82) is 0 Å². The van der Waals surface area contributed by atoms with Gasteiger partial charge in [0.25, 0.3) is 0 Å². The van der Waals surface area contributed by atoms with E-state index in [1.165, 1.54) is 30.0 Å². The molecular formula is C19H28N4O5S. The van der Waals surface area contributed by atoms with Crippen LogP contribution in [0.2, 0.25) is 0 Å². The van der Waals surface area contributed by atoms with Gasteiger partial charge < -0.3 is 13.8 Å². The summed E-state index contributed by atoms with van der Waals surface area (Å²) >= 11 is 0. The maximum Gasteiger partial charge on any atom is 0.248 e. The molecule has 0 bridgehead atoms. The molecule has 1 aliphatic heterocycles. The average molecular weight is 425 g/mol. The van der Waals surface area contributed by atoms with E-state index in [9.17, 15) is 8.42 Å². The zero-order valence-electron chi connectivity index (χ0n) is 17.0. The molecule has 2 aromatic rings. The lowest BCUT2D eigenvalue weighted by molar-refractivity contribution is 0.102. The van der Waals surface area contributed by atoms with E-state index in [1.807, 2.05) is 0 Å². The molecular weight excluding hydrogens is 396 g/mol. The van der Waals surface area contributed by atoms with Crippen molar-refractivity contribution in [2.24, 2.45) is 5.92 Å². The van der Waals surface area contributed by atoms with Crippen LogP contribution in [0.25, 0.3) is 0 Å². The van der Waals surface area contributed by atoms with Crippen molar-refractivity contribution in [1.82, 2.24) is 19.6 Å². The molecule has 0 spiro atoms. The lowest BCUT2D eigenvalue weighted by atomic mass is 10.1. The summed E-state index contributed by atoms with van der Waals surface area (Å²) in [5.74, 6) is 2.00. The zero-order valence-corrected chi connectivity index (χ0v) is 17.8. The second-order valence-corrected chi connectivity index (χ2v) is 9.90. The molecule has 2 fully saturated rings. The van der Waals surface area contributed by atoms with Crippen LogP contribution in [-0.4, -0.2) is 54.3 Å². The fraction of sp³-hybridized carbons (Fsp3) is 0.737. The highest BCUT2D eigenvalue weighted by Gasteiger charge is 2.38. The van der Waals surface area contributed by atoms with Gasteiger partial charge >= 0.3 is 0 Å². The molecule has 0 amide bonds. The van der Waals surface area contributed by atoms with Crippen LogP contribution < -0.4 is 0 Å². The van der Waals surface area contributed by atoms with Crippen LogP contribution in [0.15, 0.2) is 13.9 Å². The molecule has 0 N–H and O–H groups in total. The molecule has 9 nitrogen and oxygen atoms in total. The van der Waals surface area contributed by atoms with Gasteiger partial charge in [-0.2, -0.15) is 9.29 Å². The maximum atomic E-state index is 12.9. The largest absolute Gasteiger partial charge is 0.381 e. The SMILES string of the molecule is Cc1noc(C)c1S(=O)(=O)N1CCC(c2nc(CCOCC3CCCC3)no2)C1. The Balaban J connectivity index is 1.31. The second kappa shape index (κ2) is 8.53. The Morgan fingerprint density at radius 2 is 1.93 bits per heavy atom. The molecule has 0 radical (unpaired) electrons. The zero-order chi connectivity index (χ0) is 20.4. The van der Waals surface area contributed by atoms with E-state index in [4.69, 9.17) is 13.8 Å². The van der Waals surface area contributed by atoms with Crippen LogP contribution in [0.4, 0.5) is 0 Å². The van der Waals surface area contributed by atoms with Gasteiger partial charge in [0.2, 0.25) is 15.9 Å². The number of aryl methyl sites for hydroxylation is 2. The summed E-state index contributed by atoms with van der Waals surface area (Å²) in [6.07, 6.45) is 6.40. The van der Waals surface area contributed by atoms with Gasteiger partial charge in [0.1, 0.15) is 10.6 Å². The van der Waals surface area contributed by atoms with Gasteiger partial charge in [-0.25, -0.2) is 8.42 Å². The van der Waals surface area contributed by atoms with E-state index >= 15 is 0 Å². The van der Waals surface area contributed by atoms with Crippen molar-refractivity contribution in [3.63, 3.8) is 0 Å². The van der Waals surface area contributed by atoms with Gasteiger partial charge in [-0.05, 0) is 39.0 Å². The molecule has 1 saturated heterocycles. The van der Waals surface area contributed by atoms with Crippen LogP contribution in [0, 0.1) is 19.8 Å². The minimum atomic E-state index is -3.65. The molecule has 3 heterocycles. The van der Waals surface area contributed by atoms with Gasteiger partial charge in [-0.3, -0.25) is 0 Å². The Labute approximate surface area is 170 Å². The molecule has 2 aliphatic rings. The van der Waals surface area contributed by atoms with Crippen molar-refractivity contribution in [3.8, 4) is 0 Å². The highest BCUT2D eigenvalue weighted by Crippen LogP contribution is 2.32. The first-order valence-corrected chi connectivity index (χ1v) is 11.7. The molecule has 10 heteroatoms. The first kappa shape index (κ1) is 20.5. The van der Waals surface area contributed by atoms with Crippen molar-refractivity contribution in [2.75, 3.05) is 26.3 Å². The summed E-state index contributed by atoms with van der Waals surface area (Å²) in [6, 6.07) is 0. The van der Waals surface area contributed by atoms with Gasteiger partial charge in [0.05, 0.1) is 12.5 Å². The minimum Gasteiger partial charge on any atom is -0.381 e. The molecule has 1 aliphatic carbocycles. The molecule has 29 heavy (non-hydrogen) atoms. The summed E-state index contributed by atoms with van der Waals surface area (Å²) in [5.41, 5.74) is 0.378. The smallest absolute Gasteiger partial charge is 0.248 e. The molecule has 1 atom stereocenters. The summed E-state index contributed by atoms with van der Waals surface area (Å²) < 4.78 is 43.5. The van der Waals surface area contributed by atoms with Gasteiger partial charge in [-0.15, -0.1) is 0 Å². The Morgan fingerprint density at radius 3 is 2.66 bits per heavy atom. The van der Waals surface area contributed by atoms with E-state index in [-0.39, 0.29) is 10.8 Å². The Morgan fingerprint density at radius 1 is 1.14 bits per heavy atom. The highest BCUT2D eigenvalue weighted by molar-refractivity contribution is 7.89.